The van der Waals surface area contributed by atoms with E-state index in [0.29, 0.717) is 11.3 Å². The maximum atomic E-state index is 12.0. The third-order valence-electron chi connectivity index (χ3n) is 2.59. The molecule has 0 aliphatic heterocycles. The Hall–Kier alpha value is -2.96. The molecule has 0 unspecified atom stereocenters. The van der Waals surface area contributed by atoms with Crippen molar-refractivity contribution in [2.24, 2.45) is 0 Å². The van der Waals surface area contributed by atoms with Crippen molar-refractivity contribution in [1.82, 2.24) is 4.98 Å². The second-order valence-corrected chi connectivity index (χ2v) is 3.83. The van der Waals surface area contributed by atoms with Gasteiger partial charge in [-0.1, -0.05) is 0 Å². The van der Waals surface area contributed by atoms with Crippen LogP contribution in [0.1, 0.15) is 10.4 Å². The van der Waals surface area contributed by atoms with Gasteiger partial charge in [-0.05, 0) is 24.3 Å². The predicted octanol–water partition coefficient (Wildman–Crippen LogP) is 2.25. The van der Waals surface area contributed by atoms with E-state index in [1.54, 1.807) is 0 Å². The molecular formula is C13H11N3O4. The lowest BCUT2D eigenvalue weighted by atomic mass is 10.2. The van der Waals surface area contributed by atoms with Crippen LogP contribution in [0.3, 0.4) is 0 Å². The van der Waals surface area contributed by atoms with Crippen molar-refractivity contribution in [3.05, 3.63) is 58.4 Å². The monoisotopic (exact) mass is 273 g/mol. The smallest absolute Gasteiger partial charge is 0.296 e. The Morgan fingerprint density at radius 3 is 2.60 bits per heavy atom. The van der Waals surface area contributed by atoms with Crippen LogP contribution in [0.2, 0.25) is 0 Å². The molecule has 0 saturated carbocycles. The number of carbonyl (C=O) groups is 1. The van der Waals surface area contributed by atoms with Gasteiger partial charge in [0.05, 0.1) is 18.1 Å². The highest BCUT2D eigenvalue weighted by Gasteiger charge is 2.17. The summed E-state index contributed by atoms with van der Waals surface area (Å²) >= 11 is 0. The van der Waals surface area contributed by atoms with E-state index in [1.165, 1.54) is 49.8 Å². The zero-order valence-electron chi connectivity index (χ0n) is 10.6. The van der Waals surface area contributed by atoms with Crippen molar-refractivity contribution < 1.29 is 14.5 Å². The Balaban J connectivity index is 2.29. The lowest BCUT2D eigenvalue weighted by molar-refractivity contribution is -0.384. The summed E-state index contributed by atoms with van der Waals surface area (Å²) in [5, 5.41) is 13.5. The first kappa shape index (κ1) is 13.5. The van der Waals surface area contributed by atoms with E-state index in [0.717, 1.165) is 0 Å². The van der Waals surface area contributed by atoms with Crippen LogP contribution in [0, 0.1) is 10.1 Å². The quantitative estimate of drug-likeness (QED) is 0.681. The number of hydrogen-bond acceptors (Lipinski definition) is 5. The zero-order chi connectivity index (χ0) is 14.5. The van der Waals surface area contributed by atoms with Crippen LogP contribution < -0.4 is 10.1 Å². The summed E-state index contributed by atoms with van der Waals surface area (Å²) in [5.74, 6) is -0.0979. The maximum absolute atomic E-state index is 12.0. The van der Waals surface area contributed by atoms with E-state index in [-0.39, 0.29) is 11.4 Å². The molecule has 1 aromatic heterocycles. The highest BCUT2D eigenvalue weighted by Crippen LogP contribution is 2.29. The molecule has 2 rings (SSSR count). The molecule has 0 radical (unpaired) electrons. The largest absolute Gasteiger partial charge is 0.496 e. The lowest BCUT2D eigenvalue weighted by Crippen LogP contribution is -2.13. The number of nitro groups is 1. The number of benzene rings is 1. The zero-order valence-corrected chi connectivity index (χ0v) is 10.6. The lowest BCUT2D eigenvalue weighted by Gasteiger charge is -2.07. The molecule has 0 atom stereocenters. The van der Waals surface area contributed by atoms with E-state index >= 15 is 0 Å². The van der Waals surface area contributed by atoms with Crippen molar-refractivity contribution in [2.75, 3.05) is 12.4 Å². The fourth-order valence-corrected chi connectivity index (χ4v) is 1.59. The molecule has 0 fully saturated rings. The Bertz CT molecular complexity index is 643. The summed E-state index contributed by atoms with van der Waals surface area (Å²) in [4.78, 5) is 26.2. The molecule has 7 heteroatoms. The highest BCUT2D eigenvalue weighted by molar-refractivity contribution is 6.05. The maximum Gasteiger partial charge on any atom is 0.296 e. The van der Waals surface area contributed by atoms with Crippen LogP contribution in [-0.4, -0.2) is 22.9 Å². The summed E-state index contributed by atoms with van der Waals surface area (Å²) < 4.78 is 4.92. The molecule has 20 heavy (non-hydrogen) atoms. The van der Waals surface area contributed by atoms with Gasteiger partial charge in [0.15, 0.2) is 0 Å². The van der Waals surface area contributed by atoms with Gasteiger partial charge < -0.3 is 10.1 Å². The van der Waals surface area contributed by atoms with Gasteiger partial charge >= 0.3 is 0 Å². The van der Waals surface area contributed by atoms with E-state index in [1.807, 2.05) is 0 Å². The Kier molecular flexibility index (Phi) is 3.90. The normalized spacial score (nSPS) is 9.85. The molecule has 1 heterocycles. The van der Waals surface area contributed by atoms with Crippen LogP contribution in [-0.2, 0) is 0 Å². The van der Waals surface area contributed by atoms with Gasteiger partial charge in [-0.15, -0.1) is 0 Å². The number of nitrogens with one attached hydrogen (secondary N) is 1. The van der Waals surface area contributed by atoms with Gasteiger partial charge in [-0.2, -0.15) is 0 Å². The minimum Gasteiger partial charge on any atom is -0.496 e. The van der Waals surface area contributed by atoms with Gasteiger partial charge in [0.1, 0.15) is 11.4 Å². The molecule has 2 aromatic rings. The Labute approximate surface area is 114 Å². The van der Waals surface area contributed by atoms with E-state index in [2.05, 4.69) is 10.3 Å². The minimum atomic E-state index is -0.579. The van der Waals surface area contributed by atoms with Crippen LogP contribution in [0.25, 0.3) is 0 Å². The minimum absolute atomic E-state index is 0.109. The van der Waals surface area contributed by atoms with Gasteiger partial charge in [-0.25, -0.2) is 0 Å². The van der Waals surface area contributed by atoms with Gasteiger partial charge in [0.2, 0.25) is 0 Å². The van der Waals surface area contributed by atoms with Crippen LogP contribution in [0.5, 0.6) is 5.75 Å². The number of methoxy groups -OCH3 is 1. The average Bonchev–Trinajstić information content (AvgIpc) is 2.48. The van der Waals surface area contributed by atoms with Crippen molar-refractivity contribution in [3.8, 4) is 5.75 Å². The second kappa shape index (κ2) is 5.79. The number of hydrogen-bond donors (Lipinski definition) is 1. The third-order valence-corrected chi connectivity index (χ3v) is 2.59. The molecule has 0 aliphatic rings. The first-order chi connectivity index (χ1) is 9.61. The molecule has 0 saturated heterocycles. The van der Waals surface area contributed by atoms with Gasteiger partial charge in [0, 0.05) is 18.0 Å². The first-order valence-corrected chi connectivity index (χ1v) is 5.65. The number of ether oxygens (including phenoxy) is 1. The van der Waals surface area contributed by atoms with Crippen molar-refractivity contribution in [2.45, 2.75) is 0 Å². The number of amides is 1. The molecule has 1 amide bonds. The molecule has 0 spiro atoms. The third kappa shape index (κ3) is 2.89. The molecule has 0 bridgehead atoms. The molecular weight excluding hydrogens is 262 g/mol. The van der Waals surface area contributed by atoms with Crippen molar-refractivity contribution >= 4 is 17.3 Å². The first-order valence-electron chi connectivity index (χ1n) is 5.65. The molecule has 7 nitrogen and oxygen atoms in total. The molecule has 1 aromatic carbocycles. The summed E-state index contributed by atoms with van der Waals surface area (Å²) in [7, 11) is 1.41. The number of rotatable bonds is 4. The fourth-order valence-electron chi connectivity index (χ4n) is 1.59. The SMILES string of the molecule is COc1ccc(NC(=O)c2ccncc2)c([N+](=O)[O-])c1. The summed E-state index contributed by atoms with van der Waals surface area (Å²) in [6.07, 6.45) is 2.94. The Morgan fingerprint density at radius 1 is 1.30 bits per heavy atom. The number of anilines is 1. The standard InChI is InChI=1S/C13H11N3O4/c1-20-10-2-3-11(12(8-10)16(18)19)15-13(17)9-4-6-14-7-5-9/h2-8H,1H3,(H,15,17). The summed E-state index contributed by atoms with van der Waals surface area (Å²) in [6.45, 7) is 0. The number of aromatic nitrogens is 1. The summed E-state index contributed by atoms with van der Waals surface area (Å²) in [5.41, 5.74) is 0.245. The molecule has 0 aliphatic carbocycles. The highest BCUT2D eigenvalue weighted by atomic mass is 16.6. The fraction of sp³-hybridized carbons (Fsp3) is 0.0769. The van der Waals surface area contributed by atoms with Gasteiger partial charge in [0.25, 0.3) is 11.6 Å². The van der Waals surface area contributed by atoms with Gasteiger partial charge in [-0.3, -0.25) is 19.9 Å². The Morgan fingerprint density at radius 2 is 2.00 bits per heavy atom. The summed E-state index contributed by atoms with van der Waals surface area (Å²) in [6, 6.07) is 7.25. The van der Waals surface area contributed by atoms with E-state index in [9.17, 15) is 14.9 Å². The topological polar surface area (TPSA) is 94.4 Å². The molecule has 1 N–H and O–H groups in total. The number of nitrogens with zero attached hydrogens (tertiary/aromatic N) is 2. The molecule has 102 valence electrons. The average molecular weight is 273 g/mol. The number of carbonyl (C=O) groups excluding carboxylic acids is 1. The number of nitro benzene ring substituents is 1. The van der Waals surface area contributed by atoms with Crippen molar-refractivity contribution in [1.29, 1.82) is 0 Å². The van der Waals surface area contributed by atoms with Crippen LogP contribution in [0.15, 0.2) is 42.7 Å². The predicted molar refractivity (Wildman–Crippen MR) is 71.8 cm³/mol. The second-order valence-electron chi connectivity index (χ2n) is 3.83. The van der Waals surface area contributed by atoms with E-state index < -0.39 is 10.8 Å². The number of pyridine rings is 1. The van der Waals surface area contributed by atoms with Crippen LogP contribution >= 0.6 is 0 Å². The van der Waals surface area contributed by atoms with Crippen molar-refractivity contribution in [3.63, 3.8) is 0 Å². The van der Waals surface area contributed by atoms with Crippen LogP contribution in [0.4, 0.5) is 11.4 Å². The van der Waals surface area contributed by atoms with E-state index in [4.69, 9.17) is 4.74 Å².